The summed E-state index contributed by atoms with van der Waals surface area (Å²) >= 11 is 20.3. The Kier molecular flexibility index (Phi) is 35.0. The monoisotopic (exact) mass is 1190 g/mol. The molecule has 80 heavy (non-hydrogen) atoms. The second kappa shape index (κ2) is 38.5. The lowest BCUT2D eigenvalue weighted by molar-refractivity contribution is -0.146. The molecule has 5 aromatic carbocycles. The molecular weight excluding hydrogens is 1130 g/mol. The minimum absolute atomic E-state index is 0.167. The maximum atomic E-state index is 11.6. The molecule has 0 saturated heterocycles. The third-order valence-corrected chi connectivity index (χ3v) is 9.89. The van der Waals surface area contributed by atoms with E-state index in [1.165, 1.54) is 25.0 Å². The summed E-state index contributed by atoms with van der Waals surface area (Å²) in [6.07, 6.45) is 2.64. The highest BCUT2D eigenvalue weighted by atomic mass is 35.6. The molecule has 430 valence electrons. The lowest BCUT2D eigenvalue weighted by Crippen LogP contribution is -2.09. The maximum Gasteiger partial charge on any atom is 0.384 e. The Morgan fingerprint density at radius 2 is 0.863 bits per heavy atom. The minimum Gasteiger partial charge on any atom is -0.497 e. The summed E-state index contributed by atoms with van der Waals surface area (Å²) in [5, 5.41) is -1.55. The molecule has 0 aliphatic carbocycles. The summed E-state index contributed by atoms with van der Waals surface area (Å²) < 4.78 is 29.8. The topological polar surface area (TPSA) is 192 Å². The van der Waals surface area contributed by atoms with E-state index in [1.54, 1.807) is 78.5 Å². The van der Waals surface area contributed by atoms with Crippen LogP contribution in [0.15, 0.2) is 138 Å². The van der Waals surface area contributed by atoms with Crippen LogP contribution in [-0.4, -0.2) is 80.9 Å². The van der Waals surface area contributed by atoms with Gasteiger partial charge < -0.3 is 33.2 Å². The Labute approximate surface area is 490 Å². The lowest BCUT2D eigenvalue weighted by atomic mass is 10.0. The fraction of sp³-hybridized carbons (Fsp3) is 0.279. The number of ether oxygens (including phenoxy) is 6. The normalized spacial score (nSPS) is 11.7. The Morgan fingerprint density at radius 3 is 1.15 bits per heavy atom. The molecule has 0 fully saturated rings. The molecule has 7 rings (SSSR count). The predicted molar refractivity (Wildman–Crippen MR) is 321 cm³/mol. The van der Waals surface area contributed by atoms with Gasteiger partial charge in [0.25, 0.3) is 11.6 Å². The molecule has 0 saturated carbocycles. The average molecular weight is 1200 g/mol. The lowest BCUT2D eigenvalue weighted by Gasteiger charge is -2.04. The van der Waals surface area contributed by atoms with Gasteiger partial charge in [0.1, 0.15) is 53.5 Å². The standard InChI is InChI=1S/C13H12O4.C12H10O3.C11H14O.C10H12O2.C7H7ClO.C3H9ClSi.C3H6O.C2Cl2O2/c1-3-16-10-6-4-9(5-7-10)11-8(2)17-13(15)12(11)14;1-7-3-5-9(6-4-7)10-8(2)15-12(14)11(10)13;1-9(2)8-10-4-6-11(12-3)7-5-10;1-8(11)7-9-3-5-10(12-2)6-4-9;1-9-7-4-2-6(8)3-5-7;1-5(2,3)4;1-3(2)4;3-1(5)2(4)6/h4-7H,3H2,1-2H3;3-6H,1-2H3;4-8H,1-3H3;3-6H,7H2,1-2H3;2-5H,1H3;1-3H3;1-2H3;. The zero-order chi connectivity index (χ0) is 61.3. The van der Waals surface area contributed by atoms with E-state index in [0.29, 0.717) is 41.3 Å². The van der Waals surface area contributed by atoms with E-state index in [-0.39, 0.29) is 11.6 Å². The number of aryl methyl sites for hydroxylation is 1. The molecule has 0 bridgehead atoms. The van der Waals surface area contributed by atoms with E-state index in [2.05, 4.69) is 62.8 Å². The van der Waals surface area contributed by atoms with Crippen LogP contribution >= 0.6 is 45.9 Å². The quantitative estimate of drug-likeness (QED) is 0.0399. The first kappa shape index (κ1) is 72.9. The van der Waals surface area contributed by atoms with Crippen molar-refractivity contribution in [3.63, 3.8) is 0 Å². The van der Waals surface area contributed by atoms with Gasteiger partial charge in [-0.05, 0) is 168 Å². The first-order valence-corrected chi connectivity index (χ1v) is 30.0. The molecule has 0 radical (unpaired) electrons. The number of methoxy groups -OCH3 is 3. The van der Waals surface area contributed by atoms with Gasteiger partial charge in [-0.1, -0.05) is 109 Å². The van der Waals surface area contributed by atoms with Crippen LogP contribution in [0.2, 0.25) is 24.7 Å². The van der Waals surface area contributed by atoms with Gasteiger partial charge in [0, 0.05) is 11.4 Å². The second-order valence-corrected chi connectivity index (χ2v) is 26.7. The first-order chi connectivity index (χ1) is 37.4. The highest BCUT2D eigenvalue weighted by Crippen LogP contribution is 2.29. The number of carbonyl (C=O) groups excluding carboxylic acids is 8. The summed E-state index contributed by atoms with van der Waals surface area (Å²) in [5.41, 5.74) is 6.77. The van der Waals surface area contributed by atoms with Crippen molar-refractivity contribution < 1.29 is 66.8 Å². The van der Waals surface area contributed by atoms with E-state index in [0.717, 1.165) is 44.7 Å². The summed E-state index contributed by atoms with van der Waals surface area (Å²) in [5.74, 6) is 1.62. The molecule has 0 unspecified atom stereocenters. The van der Waals surface area contributed by atoms with Crippen LogP contribution in [-0.2, 0) is 54.3 Å². The molecule has 2 aliphatic rings. The van der Waals surface area contributed by atoms with E-state index in [9.17, 15) is 38.4 Å². The van der Waals surface area contributed by atoms with Crippen molar-refractivity contribution in [1.82, 2.24) is 0 Å². The molecule has 0 aromatic heterocycles. The largest absolute Gasteiger partial charge is 0.497 e. The van der Waals surface area contributed by atoms with E-state index in [4.69, 9.17) is 51.1 Å². The molecule has 19 heteroatoms. The van der Waals surface area contributed by atoms with Crippen molar-refractivity contribution in [1.29, 1.82) is 0 Å². The van der Waals surface area contributed by atoms with Crippen molar-refractivity contribution in [2.45, 2.75) is 88.4 Å². The zero-order valence-electron chi connectivity index (χ0n) is 47.8. The van der Waals surface area contributed by atoms with Crippen molar-refractivity contribution in [2.24, 2.45) is 0 Å². The predicted octanol–water partition coefficient (Wildman–Crippen LogP) is 14.3. The number of hydrogen-bond acceptors (Lipinski definition) is 14. The maximum absolute atomic E-state index is 11.6. The molecule has 0 amide bonds. The molecule has 2 heterocycles. The Balaban J connectivity index is 0.000000926. The van der Waals surface area contributed by atoms with Crippen LogP contribution in [0.1, 0.15) is 83.2 Å². The van der Waals surface area contributed by atoms with E-state index < -0.39 is 41.4 Å². The summed E-state index contributed by atoms with van der Waals surface area (Å²) in [6.45, 7) is 22.8. The molecule has 14 nitrogen and oxygen atoms in total. The fourth-order valence-electron chi connectivity index (χ4n) is 5.91. The van der Waals surface area contributed by atoms with Gasteiger partial charge in [-0.15, -0.1) is 0 Å². The van der Waals surface area contributed by atoms with Gasteiger partial charge in [-0.3, -0.25) is 24.0 Å². The summed E-state index contributed by atoms with van der Waals surface area (Å²) in [6, 6.07) is 37.2. The molecule has 0 spiro atoms. The number of esters is 2. The third-order valence-electron chi connectivity index (χ3n) is 9.20. The van der Waals surface area contributed by atoms with Crippen LogP contribution < -0.4 is 18.9 Å². The van der Waals surface area contributed by atoms with Gasteiger partial charge >= 0.3 is 22.4 Å². The minimum atomic E-state index is -1.14. The number of hydrogen-bond donors (Lipinski definition) is 0. The second-order valence-electron chi connectivity index (χ2n) is 18.0. The van der Waals surface area contributed by atoms with Crippen LogP contribution in [0.5, 0.6) is 23.0 Å². The molecule has 5 aromatic rings. The van der Waals surface area contributed by atoms with Crippen LogP contribution in [0, 0.1) is 6.92 Å². The van der Waals surface area contributed by atoms with Gasteiger partial charge in [-0.25, -0.2) is 9.59 Å². The number of benzene rings is 5. The highest BCUT2D eigenvalue weighted by Gasteiger charge is 2.33. The van der Waals surface area contributed by atoms with Crippen LogP contribution in [0.25, 0.3) is 17.2 Å². The Morgan fingerprint density at radius 1 is 0.537 bits per heavy atom. The SMILES string of the molecule is CC(C)=O.CC1=C(c2ccc(C)cc2)C(=O)C(=O)O1.CCOc1ccc(C2=C(C)OC(=O)C2=O)cc1.COc1ccc(C=C(C)C)cc1.COc1ccc(CC(C)=O)cc1.COc1ccc(Cl)cc1.C[Si](C)(C)Cl.O=C(Cl)C(=O)Cl. The number of allylic oxidation sites excluding steroid dienone is 3. The van der Waals surface area contributed by atoms with Gasteiger partial charge in [0.2, 0.25) is 0 Å². The summed E-state index contributed by atoms with van der Waals surface area (Å²) in [4.78, 5) is 84.2. The Bertz CT molecular complexity index is 2900. The van der Waals surface area contributed by atoms with Crippen LogP contribution in [0.3, 0.4) is 0 Å². The van der Waals surface area contributed by atoms with Crippen LogP contribution in [0.4, 0.5) is 0 Å². The van der Waals surface area contributed by atoms with Crippen molar-refractivity contribution in [2.75, 3.05) is 27.9 Å². The van der Waals surface area contributed by atoms with Crippen molar-refractivity contribution >= 4 is 116 Å². The number of Topliss-reactive ketones (excluding diaryl/α,β-unsaturated/α-hetero) is 4. The van der Waals surface area contributed by atoms with Crippen molar-refractivity contribution in [3.05, 3.63) is 171 Å². The Hall–Kier alpha value is -7.14. The highest BCUT2D eigenvalue weighted by molar-refractivity contribution is 7.18. The third kappa shape index (κ3) is 32.1. The number of ketones is 4. The van der Waals surface area contributed by atoms with Crippen molar-refractivity contribution in [3.8, 4) is 23.0 Å². The van der Waals surface area contributed by atoms with E-state index >= 15 is 0 Å². The van der Waals surface area contributed by atoms with E-state index in [1.807, 2.05) is 98.8 Å². The number of rotatable bonds is 11. The number of cyclic esters (lactones) is 2. The molecular formula is C61H70Cl4O14Si. The van der Waals surface area contributed by atoms with Gasteiger partial charge in [0.15, 0.2) is 0 Å². The molecule has 2 aliphatic heterocycles. The fourth-order valence-corrected chi connectivity index (χ4v) is 6.03. The molecule has 0 atom stereocenters. The molecule has 0 N–H and O–H groups in total. The summed E-state index contributed by atoms with van der Waals surface area (Å²) in [7, 11) is 3.79. The zero-order valence-corrected chi connectivity index (χ0v) is 51.8. The number of halogens is 4. The van der Waals surface area contributed by atoms with Gasteiger partial charge in [0.05, 0.1) is 39.1 Å². The average Bonchev–Trinajstić information content (AvgIpc) is 3.80. The van der Waals surface area contributed by atoms with Gasteiger partial charge in [-0.2, -0.15) is 11.1 Å². The smallest absolute Gasteiger partial charge is 0.384 e. The first-order valence-electron chi connectivity index (χ1n) is 24.4. The number of carbonyl (C=O) groups is 8.